The average molecular weight is 314 g/mol. The molecule has 0 spiro atoms. The Morgan fingerprint density at radius 3 is 2.73 bits per heavy atom. The van der Waals surface area contributed by atoms with Crippen LogP contribution in [0.2, 0.25) is 0 Å². The second kappa shape index (κ2) is 5.78. The van der Waals surface area contributed by atoms with Gasteiger partial charge < -0.3 is 10.2 Å². The molecule has 2 aromatic rings. The molecule has 1 amide bonds. The maximum atomic E-state index is 12.5. The molecule has 3 aliphatic heterocycles. The van der Waals surface area contributed by atoms with E-state index >= 15 is 0 Å². The summed E-state index contributed by atoms with van der Waals surface area (Å²) in [6, 6.07) is 4.11. The van der Waals surface area contributed by atoms with Crippen LogP contribution in [0.25, 0.3) is 10.6 Å². The van der Waals surface area contributed by atoms with Crippen LogP contribution in [0.4, 0.5) is 0 Å². The summed E-state index contributed by atoms with van der Waals surface area (Å²) >= 11 is 1.44. The van der Waals surface area contributed by atoms with Gasteiger partial charge in [-0.25, -0.2) is 4.98 Å². The van der Waals surface area contributed by atoms with E-state index in [9.17, 15) is 4.79 Å². The molecule has 0 saturated carbocycles. The highest BCUT2D eigenvalue weighted by Gasteiger charge is 2.35. The fraction of sp³-hybridized carbons (Fsp3) is 0.438. The van der Waals surface area contributed by atoms with E-state index in [-0.39, 0.29) is 5.91 Å². The second-order valence-corrected chi connectivity index (χ2v) is 7.01. The third kappa shape index (κ3) is 2.64. The average Bonchev–Trinajstić information content (AvgIpc) is 3.07. The highest BCUT2D eigenvalue weighted by atomic mass is 32.1. The number of carbonyl (C=O) groups excluding carboxylic acids is 1. The fourth-order valence-electron chi connectivity index (χ4n) is 3.38. The second-order valence-electron chi connectivity index (χ2n) is 5.98. The van der Waals surface area contributed by atoms with Crippen molar-refractivity contribution in [1.82, 2.24) is 20.2 Å². The number of hydrogen-bond donors (Lipinski definition) is 1. The van der Waals surface area contributed by atoms with E-state index in [1.54, 1.807) is 18.6 Å². The number of amides is 1. The minimum Gasteiger partial charge on any atom is -0.347 e. The summed E-state index contributed by atoms with van der Waals surface area (Å²) in [5.41, 5.74) is 1.00. The molecule has 22 heavy (non-hydrogen) atoms. The predicted molar refractivity (Wildman–Crippen MR) is 85.8 cm³/mol. The van der Waals surface area contributed by atoms with E-state index in [0.29, 0.717) is 16.8 Å². The van der Waals surface area contributed by atoms with Crippen LogP contribution in [-0.2, 0) is 0 Å². The summed E-state index contributed by atoms with van der Waals surface area (Å²) in [7, 11) is 0. The Kier molecular flexibility index (Phi) is 3.63. The molecular weight excluding hydrogens is 296 g/mol. The van der Waals surface area contributed by atoms with Gasteiger partial charge in [-0.05, 0) is 44.0 Å². The van der Waals surface area contributed by atoms with E-state index in [1.807, 2.05) is 12.1 Å². The van der Waals surface area contributed by atoms with Crippen LogP contribution in [0.1, 0.15) is 22.5 Å². The molecule has 3 aliphatic rings. The molecule has 0 aromatic carbocycles. The van der Waals surface area contributed by atoms with Crippen molar-refractivity contribution in [3.05, 3.63) is 35.6 Å². The van der Waals surface area contributed by atoms with Crippen LogP contribution in [-0.4, -0.2) is 46.5 Å². The van der Waals surface area contributed by atoms with Gasteiger partial charge in [0.2, 0.25) is 0 Å². The maximum Gasteiger partial charge on any atom is 0.263 e. The van der Waals surface area contributed by atoms with Gasteiger partial charge in [0.05, 0.1) is 6.20 Å². The van der Waals surface area contributed by atoms with Crippen molar-refractivity contribution in [2.75, 3.05) is 19.6 Å². The zero-order valence-electron chi connectivity index (χ0n) is 12.2. The van der Waals surface area contributed by atoms with Crippen molar-refractivity contribution in [2.45, 2.75) is 18.9 Å². The number of nitrogens with one attached hydrogen (secondary N) is 1. The molecule has 3 saturated heterocycles. The van der Waals surface area contributed by atoms with Crippen LogP contribution < -0.4 is 5.32 Å². The molecule has 2 bridgehead atoms. The van der Waals surface area contributed by atoms with E-state index < -0.39 is 0 Å². The van der Waals surface area contributed by atoms with E-state index in [2.05, 4.69) is 20.2 Å². The number of piperidine rings is 3. The SMILES string of the molecule is O=C(N[C@H]1CN2CCC1CC2)c1cnc(-c2ccncc2)s1. The summed E-state index contributed by atoms with van der Waals surface area (Å²) in [6.07, 6.45) is 7.57. The Balaban J connectivity index is 1.46. The van der Waals surface area contributed by atoms with E-state index in [4.69, 9.17) is 0 Å². The molecule has 114 valence electrons. The third-order valence-corrected chi connectivity index (χ3v) is 5.67. The quantitative estimate of drug-likeness (QED) is 0.942. The van der Waals surface area contributed by atoms with Crippen molar-refractivity contribution < 1.29 is 4.79 Å². The molecule has 1 atom stereocenters. The minimum absolute atomic E-state index is 0.0107. The van der Waals surface area contributed by atoms with Gasteiger partial charge in [0, 0.05) is 30.5 Å². The number of pyridine rings is 1. The number of hydrogen-bond acceptors (Lipinski definition) is 5. The van der Waals surface area contributed by atoms with Crippen LogP contribution in [0.5, 0.6) is 0 Å². The van der Waals surface area contributed by atoms with Crippen LogP contribution >= 0.6 is 11.3 Å². The zero-order chi connectivity index (χ0) is 14.9. The van der Waals surface area contributed by atoms with Gasteiger partial charge in [0.15, 0.2) is 0 Å². The van der Waals surface area contributed by atoms with Gasteiger partial charge in [-0.1, -0.05) is 0 Å². The molecule has 0 radical (unpaired) electrons. The van der Waals surface area contributed by atoms with Crippen molar-refractivity contribution in [2.24, 2.45) is 5.92 Å². The first-order valence-electron chi connectivity index (χ1n) is 7.69. The van der Waals surface area contributed by atoms with Gasteiger partial charge in [-0.15, -0.1) is 11.3 Å². The fourth-order valence-corrected chi connectivity index (χ4v) is 4.20. The lowest BCUT2D eigenvalue weighted by Gasteiger charge is -2.44. The number of thiazole rings is 1. The monoisotopic (exact) mass is 314 g/mol. The summed E-state index contributed by atoms with van der Waals surface area (Å²) in [4.78, 5) is 24.0. The van der Waals surface area contributed by atoms with Gasteiger partial charge >= 0.3 is 0 Å². The van der Waals surface area contributed by atoms with E-state index in [0.717, 1.165) is 17.1 Å². The number of fused-ring (bicyclic) bond motifs is 3. The number of nitrogens with zero attached hydrogens (tertiary/aromatic N) is 3. The van der Waals surface area contributed by atoms with Crippen LogP contribution in [0, 0.1) is 5.92 Å². The molecule has 5 nitrogen and oxygen atoms in total. The minimum atomic E-state index is 0.0107. The van der Waals surface area contributed by atoms with Crippen molar-refractivity contribution >= 4 is 17.2 Å². The summed E-state index contributed by atoms with van der Waals surface area (Å²) < 4.78 is 0. The van der Waals surface area contributed by atoms with Gasteiger partial charge in [0.25, 0.3) is 5.91 Å². The molecule has 1 N–H and O–H groups in total. The van der Waals surface area contributed by atoms with Crippen LogP contribution in [0.15, 0.2) is 30.7 Å². The molecule has 3 fully saturated rings. The van der Waals surface area contributed by atoms with Gasteiger partial charge in [0.1, 0.15) is 9.88 Å². The maximum absolute atomic E-state index is 12.5. The standard InChI is InChI=1S/C16H18N4OS/c21-15(19-13-10-20-7-3-11(13)4-8-20)14-9-18-16(22-14)12-1-5-17-6-2-12/h1-2,5-6,9,11,13H,3-4,7-8,10H2,(H,19,21)/t13-/m0/s1. The lowest BCUT2D eigenvalue weighted by atomic mass is 9.84. The molecule has 2 aromatic heterocycles. The lowest BCUT2D eigenvalue weighted by molar-refractivity contribution is 0.0622. The normalized spacial score (nSPS) is 26.8. The van der Waals surface area contributed by atoms with Crippen molar-refractivity contribution in [3.8, 4) is 10.6 Å². The number of carbonyl (C=O) groups is 1. The lowest BCUT2D eigenvalue weighted by Crippen LogP contribution is -2.57. The highest BCUT2D eigenvalue weighted by Crippen LogP contribution is 2.29. The number of rotatable bonds is 3. The molecule has 0 unspecified atom stereocenters. The molecular formula is C16H18N4OS. The molecule has 5 heterocycles. The first kappa shape index (κ1) is 13.8. The Bertz CT molecular complexity index is 664. The van der Waals surface area contributed by atoms with Crippen molar-refractivity contribution in [3.63, 3.8) is 0 Å². The predicted octanol–water partition coefficient (Wildman–Crippen LogP) is 2.03. The van der Waals surface area contributed by atoms with Crippen LogP contribution in [0.3, 0.4) is 0 Å². The third-order valence-electron chi connectivity index (χ3n) is 4.63. The summed E-state index contributed by atoms with van der Waals surface area (Å²) in [6.45, 7) is 3.36. The smallest absolute Gasteiger partial charge is 0.263 e. The molecule has 0 aliphatic carbocycles. The Morgan fingerprint density at radius 1 is 1.27 bits per heavy atom. The zero-order valence-corrected chi connectivity index (χ0v) is 13.1. The van der Waals surface area contributed by atoms with Crippen molar-refractivity contribution in [1.29, 1.82) is 0 Å². The van der Waals surface area contributed by atoms with Gasteiger partial charge in [-0.2, -0.15) is 0 Å². The topological polar surface area (TPSA) is 58.1 Å². The first-order valence-corrected chi connectivity index (χ1v) is 8.51. The first-order chi connectivity index (χ1) is 10.8. The Morgan fingerprint density at radius 2 is 2.05 bits per heavy atom. The Hall–Kier alpha value is -1.79. The highest BCUT2D eigenvalue weighted by molar-refractivity contribution is 7.16. The largest absolute Gasteiger partial charge is 0.347 e. The summed E-state index contributed by atoms with van der Waals surface area (Å²) in [5.74, 6) is 0.651. The van der Waals surface area contributed by atoms with Gasteiger partial charge in [-0.3, -0.25) is 9.78 Å². The van der Waals surface area contributed by atoms with E-state index in [1.165, 1.54) is 37.3 Å². The summed E-state index contributed by atoms with van der Waals surface area (Å²) in [5, 5.41) is 4.07. The molecule has 5 rings (SSSR count). The Labute approximate surface area is 133 Å². The number of aromatic nitrogens is 2. The molecule has 6 heteroatoms.